The zero-order chi connectivity index (χ0) is 45.0. The molecule has 13 nitrogen and oxygen atoms in total. The van der Waals surface area contributed by atoms with E-state index in [4.69, 9.17) is 32.2 Å². The molecule has 0 saturated carbocycles. The maximum atomic E-state index is 13.2. The molecule has 2 atom stereocenters. The summed E-state index contributed by atoms with van der Waals surface area (Å²) in [5.41, 5.74) is 10.5. The topological polar surface area (TPSA) is 186 Å². The number of anilines is 2. The smallest absolute Gasteiger partial charge is 0.394 e. The molecule has 10 rings (SSSR count). The normalized spacial score (nSPS) is 16.2. The number of ketones is 2. The molecule has 4 aliphatic rings. The van der Waals surface area contributed by atoms with Crippen LogP contribution >= 0.6 is 0 Å². The van der Waals surface area contributed by atoms with Crippen LogP contribution in [0.15, 0.2) is 156 Å². The first-order valence-electron chi connectivity index (χ1n) is 20.6. The van der Waals surface area contributed by atoms with Gasteiger partial charge in [-0.1, -0.05) is 117 Å². The van der Waals surface area contributed by atoms with Crippen LogP contribution in [-0.4, -0.2) is 64.9 Å². The van der Waals surface area contributed by atoms with E-state index in [9.17, 15) is 19.5 Å². The maximum Gasteiger partial charge on any atom is 0.394 e. The van der Waals surface area contributed by atoms with Crippen LogP contribution in [-0.2, 0) is 28.0 Å². The van der Waals surface area contributed by atoms with Gasteiger partial charge in [0.25, 0.3) is 0 Å². The molecule has 0 fully saturated rings. The Hall–Kier alpha value is -7.26. The Morgan fingerprint density at radius 1 is 0.585 bits per heavy atom. The summed E-state index contributed by atoms with van der Waals surface area (Å²) in [4.78, 5) is 51.5. The molecule has 332 valence electrons. The number of aliphatic imine (C=N–C) groups is 2. The summed E-state index contributed by atoms with van der Waals surface area (Å²) < 4.78 is 36.8. The Bertz CT molecular complexity index is 2940. The molecule has 3 N–H and O–H groups in total. The van der Waals surface area contributed by atoms with Crippen molar-refractivity contribution < 1.29 is 41.8 Å². The van der Waals surface area contributed by atoms with Gasteiger partial charge in [-0.15, -0.1) is 0 Å². The molecular formula is C51H48N4O9S. The number of hydrogen-bond acceptors (Lipinski definition) is 11. The molecule has 4 heterocycles. The number of carbonyl (C=O) groups excluding carboxylic acids is 3. The number of benzene rings is 6. The molecule has 6 aromatic carbocycles. The number of phenols is 1. The SMILES string of the molecule is C.CC(=O)Oc1ccccc1C(=O)CC1=NCC2c3ccccc3Cc3ccccc3N12.O=C(CC1=NCC2c3ccccc3Cc3ccccc3N12)c1ccccc1O.O=S(=O)(O)O. The highest BCUT2D eigenvalue weighted by Crippen LogP contribution is 2.42. The van der Waals surface area contributed by atoms with Gasteiger partial charge in [0, 0.05) is 18.3 Å². The summed E-state index contributed by atoms with van der Waals surface area (Å²) in [6.45, 7) is 2.58. The molecule has 14 heteroatoms. The van der Waals surface area contributed by atoms with Gasteiger partial charge in [0.05, 0.1) is 49.1 Å². The molecule has 0 bridgehead atoms. The number of carbonyl (C=O) groups is 3. The van der Waals surface area contributed by atoms with Crippen LogP contribution in [0.25, 0.3) is 0 Å². The molecule has 4 aliphatic heterocycles. The maximum absolute atomic E-state index is 13.2. The quantitative estimate of drug-likeness (QED) is 0.0600. The van der Waals surface area contributed by atoms with Crippen molar-refractivity contribution in [3.05, 3.63) is 190 Å². The third kappa shape index (κ3) is 10.3. The Labute approximate surface area is 378 Å². The first-order chi connectivity index (χ1) is 30.8. The Kier molecular flexibility index (Phi) is 13.8. The summed E-state index contributed by atoms with van der Waals surface area (Å²) in [5.74, 6) is 1.13. The number of amidine groups is 2. The van der Waals surface area contributed by atoms with E-state index < -0.39 is 16.4 Å². The van der Waals surface area contributed by atoms with Crippen molar-refractivity contribution in [3.8, 4) is 11.5 Å². The third-order valence-electron chi connectivity index (χ3n) is 11.4. The van der Waals surface area contributed by atoms with Crippen LogP contribution in [0.5, 0.6) is 11.5 Å². The fourth-order valence-corrected chi connectivity index (χ4v) is 8.80. The molecule has 6 aromatic rings. The van der Waals surface area contributed by atoms with Crippen molar-refractivity contribution in [2.24, 2.45) is 9.98 Å². The number of aromatic hydroxyl groups is 1. The third-order valence-corrected chi connectivity index (χ3v) is 11.4. The van der Waals surface area contributed by atoms with Crippen molar-refractivity contribution in [3.63, 3.8) is 0 Å². The molecule has 2 unspecified atom stereocenters. The fourth-order valence-electron chi connectivity index (χ4n) is 8.80. The standard InChI is InChI=1S/C26H22N2O3.C24H20N2O2.CH4.H2O4S/c1-17(29)31-25-13-7-5-11-21(25)24(30)15-26-27-16-23-20-10-4-2-8-18(20)14-19-9-3-6-12-22(19)28(23)26;27-22-12-6-4-10-19(22)23(28)14-24-25-15-21-18-9-3-1-7-16(18)13-17-8-2-5-11-20(17)26(21)24;;1-5(2,3)4/h2-13,23H,14-16H2,1H3;1-12,21,27H,13-15H2;1H4;(H2,1,2,3,4). The van der Waals surface area contributed by atoms with Crippen LogP contribution in [0.3, 0.4) is 0 Å². The van der Waals surface area contributed by atoms with Crippen molar-refractivity contribution in [1.82, 2.24) is 0 Å². The largest absolute Gasteiger partial charge is 0.507 e. The summed E-state index contributed by atoms with van der Waals surface area (Å²) in [7, 11) is -4.67. The monoisotopic (exact) mass is 892 g/mol. The highest BCUT2D eigenvalue weighted by molar-refractivity contribution is 7.79. The minimum absolute atomic E-state index is 0. The number of nitrogens with zero attached hydrogens (tertiary/aromatic N) is 4. The van der Waals surface area contributed by atoms with E-state index in [0.717, 1.165) is 35.9 Å². The number of phenolic OH excluding ortho intramolecular Hbond substituents is 1. The van der Waals surface area contributed by atoms with Gasteiger partial charge in [0.15, 0.2) is 11.6 Å². The van der Waals surface area contributed by atoms with Crippen LogP contribution in [0.4, 0.5) is 11.4 Å². The van der Waals surface area contributed by atoms with Gasteiger partial charge in [0.1, 0.15) is 23.2 Å². The fraction of sp³-hybridized carbons (Fsp3) is 0.196. The molecule has 0 spiro atoms. The van der Waals surface area contributed by atoms with Crippen LogP contribution in [0.1, 0.15) is 93.4 Å². The van der Waals surface area contributed by atoms with Crippen LogP contribution in [0, 0.1) is 0 Å². The highest BCUT2D eigenvalue weighted by atomic mass is 32.3. The number of Topliss-reactive ketones (excluding diaryl/α,β-unsaturated/α-hetero) is 2. The molecular weight excluding hydrogens is 845 g/mol. The second-order valence-electron chi connectivity index (χ2n) is 15.5. The highest BCUT2D eigenvalue weighted by Gasteiger charge is 2.37. The lowest BCUT2D eigenvalue weighted by Gasteiger charge is -2.28. The summed E-state index contributed by atoms with van der Waals surface area (Å²) in [6, 6.07) is 47.4. The second kappa shape index (κ2) is 19.6. The van der Waals surface area contributed by atoms with E-state index in [2.05, 4.69) is 94.7 Å². The van der Waals surface area contributed by atoms with E-state index in [-0.39, 0.29) is 55.4 Å². The average molecular weight is 893 g/mol. The van der Waals surface area contributed by atoms with Gasteiger partial charge in [-0.2, -0.15) is 8.42 Å². The second-order valence-corrected chi connectivity index (χ2v) is 16.4. The molecule has 65 heavy (non-hydrogen) atoms. The molecule has 0 saturated heterocycles. The zero-order valence-electron chi connectivity index (χ0n) is 34.7. The molecule has 0 aromatic heterocycles. The van der Waals surface area contributed by atoms with Crippen molar-refractivity contribution >= 4 is 51.0 Å². The Morgan fingerprint density at radius 2 is 0.969 bits per heavy atom. The molecule has 0 aliphatic carbocycles. The van der Waals surface area contributed by atoms with E-state index in [1.165, 1.54) is 40.3 Å². The number of para-hydroxylation sites is 4. The van der Waals surface area contributed by atoms with Gasteiger partial charge in [0.2, 0.25) is 0 Å². The average Bonchev–Trinajstić information content (AvgIpc) is 3.80. The number of rotatable bonds is 7. The van der Waals surface area contributed by atoms with Crippen molar-refractivity contribution in [1.29, 1.82) is 0 Å². The van der Waals surface area contributed by atoms with Crippen molar-refractivity contribution in [2.45, 2.75) is 52.1 Å². The van der Waals surface area contributed by atoms with Gasteiger partial charge < -0.3 is 19.6 Å². The number of esters is 1. The predicted molar refractivity (Wildman–Crippen MR) is 251 cm³/mol. The van der Waals surface area contributed by atoms with E-state index in [0.29, 0.717) is 24.2 Å². The number of ether oxygens (including phenoxy) is 1. The Balaban J connectivity index is 0.000000174. The predicted octanol–water partition coefficient (Wildman–Crippen LogP) is 9.26. The van der Waals surface area contributed by atoms with E-state index >= 15 is 0 Å². The summed E-state index contributed by atoms with van der Waals surface area (Å²) in [6.07, 6.45) is 2.05. The van der Waals surface area contributed by atoms with Gasteiger partial charge in [-0.3, -0.25) is 33.5 Å². The van der Waals surface area contributed by atoms with Gasteiger partial charge >= 0.3 is 16.4 Å². The van der Waals surface area contributed by atoms with Crippen LogP contribution in [0.2, 0.25) is 0 Å². The minimum Gasteiger partial charge on any atom is -0.507 e. The Morgan fingerprint density at radius 3 is 1.45 bits per heavy atom. The first kappa shape index (κ1) is 45.8. The van der Waals surface area contributed by atoms with E-state index in [1.54, 1.807) is 48.5 Å². The number of fused-ring (bicyclic) bond motifs is 10. The molecule has 0 radical (unpaired) electrons. The number of hydrogen-bond donors (Lipinski definition) is 3. The zero-order valence-corrected chi connectivity index (χ0v) is 35.6. The summed E-state index contributed by atoms with van der Waals surface area (Å²) >= 11 is 0. The lowest BCUT2D eigenvalue weighted by molar-refractivity contribution is -0.131. The van der Waals surface area contributed by atoms with Gasteiger partial charge in [-0.25, -0.2) is 0 Å². The minimum atomic E-state index is -4.67. The molecule has 0 amide bonds. The lowest BCUT2D eigenvalue weighted by Crippen LogP contribution is -2.32. The first-order valence-corrected chi connectivity index (χ1v) is 22.0. The summed E-state index contributed by atoms with van der Waals surface area (Å²) in [5, 5.41) is 10.0. The van der Waals surface area contributed by atoms with Crippen LogP contribution < -0.4 is 14.5 Å². The van der Waals surface area contributed by atoms with Gasteiger partial charge in [-0.05, 0) is 82.6 Å². The van der Waals surface area contributed by atoms with E-state index in [1.807, 2.05) is 12.1 Å². The van der Waals surface area contributed by atoms with Crippen molar-refractivity contribution in [2.75, 3.05) is 22.9 Å². The lowest BCUT2D eigenvalue weighted by atomic mass is 9.97.